The number of ether oxygens (including phenoxy) is 1. The lowest BCUT2D eigenvalue weighted by molar-refractivity contribution is -0.161. The Hall–Kier alpha value is -0.0900. The van der Waals surface area contributed by atoms with Gasteiger partial charge in [0, 0.05) is 17.4 Å². The summed E-state index contributed by atoms with van der Waals surface area (Å²) in [6.45, 7) is 4.35. The molecule has 3 atom stereocenters. The summed E-state index contributed by atoms with van der Waals surface area (Å²) in [7, 11) is 0. The van der Waals surface area contributed by atoms with Crippen LogP contribution in [0.15, 0.2) is 0 Å². The Balaban J connectivity index is 1.59. The predicted octanol–water partition coefficient (Wildman–Crippen LogP) is 2.97. The van der Waals surface area contributed by atoms with Crippen molar-refractivity contribution in [1.29, 1.82) is 0 Å². The van der Waals surface area contributed by atoms with Gasteiger partial charge >= 0.3 is 0 Å². The van der Waals surface area contributed by atoms with Gasteiger partial charge in [-0.2, -0.15) is 0 Å². The number of rotatable bonds is 1. The van der Waals surface area contributed by atoms with Crippen LogP contribution in [0.5, 0.6) is 0 Å². The zero-order chi connectivity index (χ0) is 14.0. The van der Waals surface area contributed by atoms with Crippen LogP contribution >= 0.6 is 15.9 Å². The molecule has 0 N–H and O–H groups in total. The first-order valence-corrected chi connectivity index (χ1v) is 8.87. The fourth-order valence-electron chi connectivity index (χ4n) is 5.74. The van der Waals surface area contributed by atoms with Gasteiger partial charge in [-0.3, -0.25) is 4.79 Å². The summed E-state index contributed by atoms with van der Waals surface area (Å²) in [6.07, 6.45) is 7.48. The molecular formula is C16H24BrNO2. The summed E-state index contributed by atoms with van der Waals surface area (Å²) in [4.78, 5) is 15.3. The standard InChI is InChI=1S/C16H24BrNO2/c1-11-9-18(2-3-20-11)14(19)15-5-12-4-13(6-15)8-16(17,7-12)10-15/h11-13H,2-10H2,1H3. The number of halogens is 1. The van der Waals surface area contributed by atoms with Crippen molar-refractivity contribution in [2.24, 2.45) is 17.3 Å². The Morgan fingerprint density at radius 2 is 1.95 bits per heavy atom. The van der Waals surface area contributed by atoms with Crippen LogP contribution in [0.1, 0.15) is 45.4 Å². The van der Waals surface area contributed by atoms with Crippen molar-refractivity contribution in [1.82, 2.24) is 4.90 Å². The molecule has 1 heterocycles. The summed E-state index contributed by atoms with van der Waals surface area (Å²) in [5.74, 6) is 1.99. The normalized spacial score (nSPS) is 50.5. The SMILES string of the molecule is CC1CN(C(=O)C23CC4CC(CC(Br)(C4)C2)C3)CCO1. The van der Waals surface area contributed by atoms with E-state index in [9.17, 15) is 4.79 Å². The molecule has 0 aromatic carbocycles. The topological polar surface area (TPSA) is 29.5 Å². The van der Waals surface area contributed by atoms with Gasteiger partial charge < -0.3 is 9.64 Å². The van der Waals surface area contributed by atoms with Gasteiger partial charge in [-0.25, -0.2) is 0 Å². The zero-order valence-electron chi connectivity index (χ0n) is 12.2. The molecule has 1 amide bonds. The van der Waals surface area contributed by atoms with Gasteiger partial charge in [-0.15, -0.1) is 0 Å². The summed E-state index contributed by atoms with van der Waals surface area (Å²) < 4.78 is 5.86. The Kier molecular flexibility index (Phi) is 3.02. The molecule has 5 fully saturated rings. The second kappa shape index (κ2) is 4.45. The third-order valence-electron chi connectivity index (χ3n) is 5.97. The van der Waals surface area contributed by atoms with E-state index in [1.807, 2.05) is 0 Å². The number of morpholine rings is 1. The van der Waals surface area contributed by atoms with Gasteiger partial charge in [-0.05, 0) is 57.3 Å². The molecule has 0 aromatic heterocycles. The van der Waals surface area contributed by atoms with Crippen molar-refractivity contribution in [3.05, 3.63) is 0 Å². The van der Waals surface area contributed by atoms with Gasteiger partial charge in [0.1, 0.15) is 0 Å². The van der Waals surface area contributed by atoms with Gasteiger partial charge in [0.05, 0.1) is 18.1 Å². The average Bonchev–Trinajstić information content (AvgIpc) is 2.35. The second-order valence-electron chi connectivity index (χ2n) is 7.82. The van der Waals surface area contributed by atoms with Crippen molar-refractivity contribution < 1.29 is 9.53 Å². The Bertz CT molecular complexity index is 424. The monoisotopic (exact) mass is 341 g/mol. The quantitative estimate of drug-likeness (QED) is 0.686. The molecule has 3 unspecified atom stereocenters. The highest BCUT2D eigenvalue weighted by atomic mass is 79.9. The van der Waals surface area contributed by atoms with E-state index < -0.39 is 0 Å². The lowest BCUT2D eigenvalue weighted by Gasteiger charge is -2.60. The molecule has 5 rings (SSSR count). The molecular weight excluding hydrogens is 318 g/mol. The molecule has 5 aliphatic rings. The molecule has 0 aromatic rings. The molecule has 0 spiro atoms. The number of nitrogens with zero attached hydrogens (tertiary/aromatic N) is 1. The smallest absolute Gasteiger partial charge is 0.229 e. The highest BCUT2D eigenvalue weighted by molar-refractivity contribution is 9.10. The average molecular weight is 342 g/mol. The van der Waals surface area contributed by atoms with Crippen molar-refractivity contribution >= 4 is 21.8 Å². The minimum atomic E-state index is -0.0509. The maximum absolute atomic E-state index is 13.2. The van der Waals surface area contributed by atoms with E-state index in [4.69, 9.17) is 4.74 Å². The minimum absolute atomic E-state index is 0.0509. The molecule has 20 heavy (non-hydrogen) atoms. The molecule has 4 saturated carbocycles. The van der Waals surface area contributed by atoms with E-state index in [1.54, 1.807) is 0 Å². The maximum atomic E-state index is 13.2. The number of hydrogen-bond acceptors (Lipinski definition) is 2. The zero-order valence-corrected chi connectivity index (χ0v) is 13.8. The van der Waals surface area contributed by atoms with Crippen molar-refractivity contribution in [3.8, 4) is 0 Å². The van der Waals surface area contributed by atoms with E-state index in [-0.39, 0.29) is 15.8 Å². The molecule has 1 saturated heterocycles. The summed E-state index contributed by atoms with van der Waals surface area (Å²) in [5.41, 5.74) is -0.0509. The van der Waals surface area contributed by atoms with Crippen molar-refractivity contribution in [2.45, 2.75) is 55.9 Å². The van der Waals surface area contributed by atoms with Gasteiger partial charge in [0.15, 0.2) is 0 Å². The molecule has 4 bridgehead atoms. The second-order valence-corrected chi connectivity index (χ2v) is 9.51. The molecule has 4 heteroatoms. The number of hydrogen-bond donors (Lipinski definition) is 0. The van der Waals surface area contributed by atoms with Crippen LogP contribution in [-0.4, -0.2) is 40.9 Å². The van der Waals surface area contributed by atoms with Gasteiger partial charge in [0.2, 0.25) is 5.91 Å². The Morgan fingerprint density at radius 3 is 2.55 bits per heavy atom. The summed E-state index contributed by atoms with van der Waals surface area (Å²) >= 11 is 4.00. The molecule has 3 nitrogen and oxygen atoms in total. The highest BCUT2D eigenvalue weighted by Gasteiger charge is 2.60. The number of alkyl halides is 1. The summed E-state index contributed by atoms with van der Waals surface area (Å²) in [6, 6.07) is 0. The number of carbonyl (C=O) groups is 1. The van der Waals surface area contributed by atoms with E-state index in [2.05, 4.69) is 27.8 Å². The Morgan fingerprint density at radius 1 is 1.25 bits per heavy atom. The lowest BCUT2D eigenvalue weighted by atomic mass is 9.49. The van der Waals surface area contributed by atoms with Gasteiger partial charge in [0.25, 0.3) is 0 Å². The number of amides is 1. The Labute approximate surface area is 129 Å². The third kappa shape index (κ3) is 2.06. The van der Waals surface area contributed by atoms with E-state index in [1.165, 1.54) is 19.3 Å². The molecule has 112 valence electrons. The van der Waals surface area contributed by atoms with Crippen molar-refractivity contribution in [2.75, 3.05) is 19.7 Å². The number of carbonyl (C=O) groups excluding carboxylic acids is 1. The van der Waals surface area contributed by atoms with E-state index >= 15 is 0 Å². The minimum Gasteiger partial charge on any atom is -0.375 e. The molecule has 4 aliphatic carbocycles. The van der Waals surface area contributed by atoms with Crippen LogP contribution in [0.3, 0.4) is 0 Å². The molecule has 0 radical (unpaired) electrons. The predicted molar refractivity (Wildman–Crippen MR) is 80.8 cm³/mol. The van der Waals surface area contributed by atoms with Crippen LogP contribution in [-0.2, 0) is 9.53 Å². The first-order valence-electron chi connectivity index (χ1n) is 8.08. The fraction of sp³-hybridized carbons (Fsp3) is 0.938. The van der Waals surface area contributed by atoms with Crippen LogP contribution in [0, 0.1) is 17.3 Å². The first-order chi connectivity index (χ1) is 9.48. The van der Waals surface area contributed by atoms with Crippen LogP contribution in [0.4, 0.5) is 0 Å². The third-order valence-corrected chi connectivity index (χ3v) is 6.90. The van der Waals surface area contributed by atoms with E-state index in [0.29, 0.717) is 12.5 Å². The van der Waals surface area contributed by atoms with Gasteiger partial charge in [-0.1, -0.05) is 15.9 Å². The van der Waals surface area contributed by atoms with E-state index in [0.717, 1.165) is 44.2 Å². The highest BCUT2D eigenvalue weighted by Crippen LogP contribution is 2.64. The van der Waals surface area contributed by atoms with Crippen molar-refractivity contribution in [3.63, 3.8) is 0 Å². The largest absolute Gasteiger partial charge is 0.375 e. The maximum Gasteiger partial charge on any atom is 0.229 e. The van der Waals surface area contributed by atoms with Crippen LogP contribution in [0.2, 0.25) is 0 Å². The van der Waals surface area contributed by atoms with Crippen LogP contribution < -0.4 is 0 Å². The lowest BCUT2D eigenvalue weighted by Crippen LogP contribution is -2.60. The molecule has 1 aliphatic heterocycles. The summed E-state index contributed by atoms with van der Waals surface area (Å²) in [5, 5.41) is 0. The fourth-order valence-corrected chi connectivity index (χ4v) is 7.19. The van der Waals surface area contributed by atoms with Crippen LogP contribution in [0.25, 0.3) is 0 Å². The first kappa shape index (κ1) is 13.6.